The van der Waals surface area contributed by atoms with Crippen LogP contribution in [-0.2, 0) is 32.8 Å². The van der Waals surface area contributed by atoms with E-state index in [1.165, 1.54) is 9.21 Å². The lowest BCUT2D eigenvalue weighted by molar-refractivity contribution is 0.0655. The monoisotopic (exact) mass is 527 g/mol. The van der Waals surface area contributed by atoms with Crippen molar-refractivity contribution in [2.24, 2.45) is 0 Å². The van der Waals surface area contributed by atoms with Crippen LogP contribution in [0.3, 0.4) is 0 Å². The molecule has 0 radical (unpaired) electrons. The molecule has 2 aliphatic heterocycles. The molecule has 0 aliphatic carbocycles. The third-order valence-corrected chi connectivity index (χ3v) is 9.47. The number of carbonyl (C=O) groups is 1. The standard InChI is InChI=1S/C20H22ClN5O6S2/c1-33(28,29)17-10-15-16(11-22-17)32-19(24-15)20(27)25-4-6-26(7-5-25)34(30,31)18-9-12-8-13(21)2-3-14(12)23-18/h2-3,8-9,17,22-23H,4-7,10-11H2,1H3. The molecular formula is C20H22ClN5O6S2. The van der Waals surface area contributed by atoms with Gasteiger partial charge in [0.2, 0.25) is 0 Å². The van der Waals surface area contributed by atoms with Crippen LogP contribution in [0.25, 0.3) is 10.9 Å². The third kappa shape index (κ3) is 4.22. The maximum atomic E-state index is 13.1. The van der Waals surface area contributed by atoms with Crippen molar-refractivity contribution in [1.82, 2.24) is 24.5 Å². The van der Waals surface area contributed by atoms with Gasteiger partial charge in [0.25, 0.3) is 15.9 Å². The lowest BCUT2D eigenvalue weighted by atomic mass is 10.2. The van der Waals surface area contributed by atoms with Crippen LogP contribution in [0.5, 0.6) is 0 Å². The highest BCUT2D eigenvalue weighted by molar-refractivity contribution is 7.91. The molecule has 5 rings (SSSR count). The molecule has 3 aromatic rings. The smallest absolute Gasteiger partial charge is 0.309 e. The molecule has 0 saturated carbocycles. The Kier molecular flexibility index (Phi) is 5.72. The molecule has 34 heavy (non-hydrogen) atoms. The van der Waals surface area contributed by atoms with Gasteiger partial charge < -0.3 is 14.3 Å². The Labute approximate surface area is 201 Å². The maximum absolute atomic E-state index is 13.1. The van der Waals surface area contributed by atoms with Gasteiger partial charge in [-0.15, -0.1) is 0 Å². The fourth-order valence-electron chi connectivity index (χ4n) is 4.15. The van der Waals surface area contributed by atoms with E-state index < -0.39 is 31.1 Å². The summed E-state index contributed by atoms with van der Waals surface area (Å²) in [5.41, 5.74) is 1.11. The molecule has 1 fully saturated rings. The largest absolute Gasteiger partial charge is 0.436 e. The molecule has 2 N–H and O–H groups in total. The third-order valence-electron chi connectivity index (χ3n) is 6.05. The number of aromatic nitrogens is 2. The second-order valence-electron chi connectivity index (χ2n) is 8.35. The van der Waals surface area contributed by atoms with Crippen LogP contribution in [0, 0.1) is 0 Å². The average molecular weight is 528 g/mol. The molecule has 1 amide bonds. The van der Waals surface area contributed by atoms with Crippen LogP contribution in [-0.4, -0.2) is 79.7 Å². The molecule has 182 valence electrons. The zero-order valence-electron chi connectivity index (χ0n) is 18.1. The van der Waals surface area contributed by atoms with Crippen molar-refractivity contribution in [2.75, 3.05) is 32.4 Å². The first-order valence-corrected chi connectivity index (χ1v) is 14.3. The molecule has 2 aliphatic rings. The number of nitrogens with zero attached hydrogens (tertiary/aromatic N) is 3. The number of carbonyl (C=O) groups excluding carboxylic acids is 1. The number of nitrogens with one attached hydrogen (secondary N) is 2. The fourth-order valence-corrected chi connectivity index (χ4v) is 6.62. The summed E-state index contributed by atoms with van der Waals surface area (Å²) >= 11 is 5.99. The number of amides is 1. The first-order chi connectivity index (χ1) is 16.0. The number of oxazole rings is 1. The molecule has 2 aromatic heterocycles. The van der Waals surface area contributed by atoms with E-state index in [0.717, 1.165) is 6.26 Å². The van der Waals surface area contributed by atoms with E-state index in [1.54, 1.807) is 24.3 Å². The van der Waals surface area contributed by atoms with Crippen molar-refractivity contribution in [3.8, 4) is 0 Å². The van der Waals surface area contributed by atoms with Gasteiger partial charge >= 0.3 is 5.91 Å². The minimum atomic E-state index is -3.78. The van der Waals surface area contributed by atoms with E-state index in [1.807, 2.05) is 0 Å². The van der Waals surface area contributed by atoms with Gasteiger partial charge in [0, 0.05) is 54.8 Å². The Morgan fingerprint density at radius 1 is 1.15 bits per heavy atom. The zero-order valence-corrected chi connectivity index (χ0v) is 20.5. The van der Waals surface area contributed by atoms with E-state index in [-0.39, 0.29) is 50.1 Å². The average Bonchev–Trinajstić information content (AvgIpc) is 3.41. The van der Waals surface area contributed by atoms with Gasteiger partial charge in [-0.3, -0.25) is 10.1 Å². The maximum Gasteiger partial charge on any atom is 0.309 e. The number of aromatic amines is 1. The van der Waals surface area contributed by atoms with Crippen LogP contribution < -0.4 is 5.32 Å². The summed E-state index contributed by atoms with van der Waals surface area (Å²) in [6.07, 6.45) is 1.26. The number of fused-ring (bicyclic) bond motifs is 2. The number of sulfonamides is 1. The highest BCUT2D eigenvalue weighted by Crippen LogP contribution is 2.26. The van der Waals surface area contributed by atoms with Crippen molar-refractivity contribution in [3.05, 3.63) is 46.6 Å². The minimum absolute atomic E-state index is 0.0675. The quantitative estimate of drug-likeness (QED) is 0.510. The Bertz CT molecular complexity index is 1490. The molecule has 1 atom stereocenters. The molecule has 4 heterocycles. The fraction of sp³-hybridized carbons (Fsp3) is 0.400. The summed E-state index contributed by atoms with van der Waals surface area (Å²) in [4.78, 5) is 21.5. The number of H-pyrrole nitrogens is 1. The number of hydrogen-bond acceptors (Lipinski definition) is 8. The number of rotatable bonds is 4. The van der Waals surface area contributed by atoms with Crippen molar-refractivity contribution in [2.45, 2.75) is 23.4 Å². The summed E-state index contributed by atoms with van der Waals surface area (Å²) < 4.78 is 56.7. The predicted molar refractivity (Wildman–Crippen MR) is 124 cm³/mol. The van der Waals surface area contributed by atoms with Gasteiger partial charge in [0.05, 0.1) is 12.2 Å². The van der Waals surface area contributed by atoms with Crippen LogP contribution in [0.2, 0.25) is 5.02 Å². The van der Waals surface area contributed by atoms with Gasteiger partial charge in [-0.05, 0) is 24.3 Å². The SMILES string of the molecule is CS(=O)(=O)C1Cc2nc(C(=O)N3CCN(S(=O)(=O)c4cc5cc(Cl)ccc5[nH]4)CC3)oc2CN1. The summed E-state index contributed by atoms with van der Waals surface area (Å²) in [6, 6.07) is 6.63. The molecule has 1 aromatic carbocycles. The van der Waals surface area contributed by atoms with Gasteiger partial charge in [-0.2, -0.15) is 4.31 Å². The molecule has 1 saturated heterocycles. The molecule has 11 nitrogen and oxygen atoms in total. The topological polar surface area (TPSA) is 146 Å². The molecule has 0 spiro atoms. The van der Waals surface area contributed by atoms with Gasteiger partial charge in [-0.25, -0.2) is 21.8 Å². The highest BCUT2D eigenvalue weighted by Gasteiger charge is 2.35. The number of sulfone groups is 1. The van der Waals surface area contributed by atoms with Gasteiger partial charge in [0.15, 0.2) is 9.84 Å². The van der Waals surface area contributed by atoms with Crippen LogP contribution >= 0.6 is 11.6 Å². The zero-order chi connectivity index (χ0) is 24.3. The van der Waals surface area contributed by atoms with E-state index in [9.17, 15) is 21.6 Å². The Morgan fingerprint density at radius 2 is 1.88 bits per heavy atom. The van der Waals surface area contributed by atoms with E-state index >= 15 is 0 Å². The Hall–Kier alpha value is -2.45. The number of halogens is 1. The second kappa shape index (κ2) is 8.34. The second-order valence-corrected chi connectivity index (χ2v) is 12.9. The first kappa shape index (κ1) is 23.3. The molecule has 14 heteroatoms. The lowest BCUT2D eigenvalue weighted by Crippen LogP contribution is -2.50. The van der Waals surface area contributed by atoms with Crippen LogP contribution in [0.15, 0.2) is 33.7 Å². The summed E-state index contributed by atoms with van der Waals surface area (Å²) in [5, 5.41) is 3.37. The van der Waals surface area contributed by atoms with Crippen molar-refractivity contribution in [1.29, 1.82) is 0 Å². The van der Waals surface area contributed by atoms with E-state index in [0.29, 0.717) is 27.4 Å². The number of hydrogen-bond donors (Lipinski definition) is 2. The van der Waals surface area contributed by atoms with Crippen molar-refractivity contribution in [3.63, 3.8) is 0 Å². The van der Waals surface area contributed by atoms with Crippen LogP contribution in [0.4, 0.5) is 0 Å². The van der Waals surface area contributed by atoms with Gasteiger partial charge in [0.1, 0.15) is 16.2 Å². The van der Waals surface area contributed by atoms with Crippen molar-refractivity contribution < 1.29 is 26.0 Å². The number of benzene rings is 1. The Balaban J connectivity index is 1.27. The van der Waals surface area contributed by atoms with E-state index in [2.05, 4.69) is 15.3 Å². The van der Waals surface area contributed by atoms with Gasteiger partial charge in [-0.1, -0.05) is 11.6 Å². The summed E-state index contributed by atoms with van der Waals surface area (Å²) in [7, 11) is -7.09. The molecule has 0 bridgehead atoms. The molecular weight excluding hydrogens is 506 g/mol. The molecule has 1 unspecified atom stereocenters. The summed E-state index contributed by atoms with van der Waals surface area (Å²) in [5.74, 6) is -0.143. The van der Waals surface area contributed by atoms with E-state index in [4.69, 9.17) is 16.0 Å². The minimum Gasteiger partial charge on any atom is -0.436 e. The highest BCUT2D eigenvalue weighted by atomic mass is 35.5. The predicted octanol–water partition coefficient (Wildman–Crippen LogP) is 0.972. The normalized spacial score (nSPS) is 19.9. The summed E-state index contributed by atoms with van der Waals surface area (Å²) in [6.45, 7) is 0.725. The lowest BCUT2D eigenvalue weighted by Gasteiger charge is -2.33. The Morgan fingerprint density at radius 3 is 2.59 bits per heavy atom. The van der Waals surface area contributed by atoms with Crippen molar-refractivity contribution >= 4 is 48.3 Å². The number of piperazine rings is 1. The first-order valence-electron chi connectivity index (χ1n) is 10.5. The van der Waals surface area contributed by atoms with Crippen LogP contribution in [0.1, 0.15) is 22.1 Å².